The van der Waals surface area contributed by atoms with E-state index in [1.165, 1.54) is 24.1 Å². The topological polar surface area (TPSA) is 116 Å². The van der Waals surface area contributed by atoms with Gasteiger partial charge < -0.3 is 14.4 Å². The van der Waals surface area contributed by atoms with Crippen molar-refractivity contribution in [1.29, 1.82) is 0 Å². The molecule has 1 heterocycles. The first-order valence-electron chi connectivity index (χ1n) is 7.79. The van der Waals surface area contributed by atoms with E-state index in [1.54, 1.807) is 0 Å². The second-order valence-electron chi connectivity index (χ2n) is 5.79. The number of sulfone groups is 1. The third-order valence-electron chi connectivity index (χ3n) is 3.97. The maximum absolute atomic E-state index is 12.5. The van der Waals surface area contributed by atoms with Crippen molar-refractivity contribution in [2.75, 3.05) is 38.4 Å². The number of nitro benzene ring substituents is 1. The standard InChI is InChI=1S/C15H19ClN2O7S/c1-24-6-5-17(12-4-7-26(22,23)10-12)15(19)9-25-14-3-2-11(16)8-13(14)18(20)21/h2-3,8,12H,4-7,9-10H2,1H3/t12-/m1/s1. The predicted octanol–water partition coefficient (Wildman–Crippen LogP) is 1.29. The predicted molar refractivity (Wildman–Crippen MR) is 94.2 cm³/mol. The van der Waals surface area contributed by atoms with Gasteiger partial charge in [0.1, 0.15) is 0 Å². The molecule has 1 fully saturated rings. The van der Waals surface area contributed by atoms with Crippen LogP contribution in [0.15, 0.2) is 18.2 Å². The number of amides is 1. The molecule has 0 N–H and O–H groups in total. The zero-order valence-electron chi connectivity index (χ0n) is 14.1. The number of benzene rings is 1. The molecule has 1 aliphatic heterocycles. The van der Waals surface area contributed by atoms with Crippen LogP contribution in [-0.4, -0.2) is 68.6 Å². The van der Waals surface area contributed by atoms with Crippen LogP contribution in [0.3, 0.4) is 0 Å². The van der Waals surface area contributed by atoms with E-state index in [4.69, 9.17) is 21.1 Å². The van der Waals surface area contributed by atoms with Crippen molar-refractivity contribution in [3.63, 3.8) is 0 Å². The molecule has 1 amide bonds. The molecule has 26 heavy (non-hydrogen) atoms. The molecule has 0 aliphatic carbocycles. The van der Waals surface area contributed by atoms with Crippen LogP contribution in [-0.2, 0) is 19.4 Å². The fourth-order valence-electron chi connectivity index (χ4n) is 2.70. The van der Waals surface area contributed by atoms with Crippen molar-refractivity contribution in [2.24, 2.45) is 0 Å². The largest absolute Gasteiger partial charge is 0.477 e. The van der Waals surface area contributed by atoms with Gasteiger partial charge in [0.05, 0.1) is 23.0 Å². The third kappa shape index (κ3) is 5.29. The maximum atomic E-state index is 12.5. The summed E-state index contributed by atoms with van der Waals surface area (Å²) in [7, 11) is -1.69. The summed E-state index contributed by atoms with van der Waals surface area (Å²) in [5.74, 6) is -0.631. The second kappa shape index (κ2) is 8.65. The van der Waals surface area contributed by atoms with Crippen LogP contribution in [0.5, 0.6) is 5.75 Å². The maximum Gasteiger partial charge on any atom is 0.312 e. The van der Waals surface area contributed by atoms with Crippen molar-refractivity contribution in [1.82, 2.24) is 4.90 Å². The molecule has 0 spiro atoms. The number of nitro groups is 1. The van der Waals surface area contributed by atoms with Gasteiger partial charge >= 0.3 is 5.69 Å². The number of hydrogen-bond acceptors (Lipinski definition) is 7. The minimum atomic E-state index is -3.17. The van der Waals surface area contributed by atoms with Gasteiger partial charge in [-0.25, -0.2) is 8.42 Å². The quantitative estimate of drug-likeness (QED) is 0.471. The average Bonchev–Trinajstić information content (AvgIpc) is 2.93. The number of methoxy groups -OCH3 is 1. The normalized spacial score (nSPS) is 18.5. The average molecular weight is 407 g/mol. The lowest BCUT2D eigenvalue weighted by Crippen LogP contribution is -2.45. The highest BCUT2D eigenvalue weighted by Gasteiger charge is 2.34. The molecule has 1 atom stereocenters. The van der Waals surface area contributed by atoms with Gasteiger partial charge in [-0.05, 0) is 18.6 Å². The highest BCUT2D eigenvalue weighted by atomic mass is 35.5. The van der Waals surface area contributed by atoms with E-state index in [1.807, 2.05) is 0 Å². The fraction of sp³-hybridized carbons (Fsp3) is 0.533. The number of hydrogen-bond donors (Lipinski definition) is 0. The molecule has 1 aromatic carbocycles. The highest BCUT2D eigenvalue weighted by molar-refractivity contribution is 7.91. The van der Waals surface area contributed by atoms with Crippen molar-refractivity contribution < 1.29 is 27.6 Å². The molecule has 11 heteroatoms. The first kappa shape index (κ1) is 20.4. The molecule has 0 aromatic heterocycles. The van der Waals surface area contributed by atoms with Crippen LogP contribution in [0.4, 0.5) is 5.69 Å². The first-order chi connectivity index (χ1) is 12.2. The summed E-state index contributed by atoms with van der Waals surface area (Å²) >= 11 is 5.74. The van der Waals surface area contributed by atoms with Gasteiger partial charge in [-0.3, -0.25) is 14.9 Å². The Bertz CT molecular complexity index is 784. The molecule has 0 bridgehead atoms. The lowest BCUT2D eigenvalue weighted by molar-refractivity contribution is -0.385. The smallest absolute Gasteiger partial charge is 0.312 e. The van der Waals surface area contributed by atoms with Crippen molar-refractivity contribution in [3.8, 4) is 5.75 Å². The minimum Gasteiger partial charge on any atom is -0.477 e. The number of carbonyl (C=O) groups excluding carboxylic acids is 1. The van der Waals surface area contributed by atoms with E-state index in [-0.39, 0.29) is 41.1 Å². The van der Waals surface area contributed by atoms with E-state index in [0.717, 1.165) is 6.07 Å². The molecule has 2 rings (SSSR count). The van der Waals surface area contributed by atoms with Gasteiger partial charge in [-0.15, -0.1) is 0 Å². The number of halogens is 1. The molecular weight excluding hydrogens is 388 g/mol. The molecule has 144 valence electrons. The Labute approximate surface area is 155 Å². The first-order valence-corrected chi connectivity index (χ1v) is 9.99. The van der Waals surface area contributed by atoms with Crippen LogP contribution < -0.4 is 4.74 Å². The number of nitrogens with zero attached hydrogens (tertiary/aromatic N) is 2. The molecule has 0 radical (unpaired) electrons. The Balaban J connectivity index is 2.09. The van der Waals surface area contributed by atoms with Gasteiger partial charge in [0.25, 0.3) is 5.91 Å². The van der Waals surface area contributed by atoms with E-state index >= 15 is 0 Å². The zero-order chi connectivity index (χ0) is 19.3. The lowest BCUT2D eigenvalue weighted by atomic mass is 10.2. The fourth-order valence-corrected chi connectivity index (χ4v) is 4.60. The molecule has 0 unspecified atom stereocenters. The van der Waals surface area contributed by atoms with E-state index < -0.39 is 33.3 Å². The van der Waals surface area contributed by atoms with Crippen molar-refractivity contribution in [2.45, 2.75) is 12.5 Å². The number of rotatable bonds is 8. The summed E-state index contributed by atoms with van der Waals surface area (Å²) in [4.78, 5) is 24.3. The summed E-state index contributed by atoms with van der Waals surface area (Å²) in [5.41, 5.74) is -0.350. The molecule has 9 nitrogen and oxygen atoms in total. The zero-order valence-corrected chi connectivity index (χ0v) is 15.7. The monoisotopic (exact) mass is 406 g/mol. The molecule has 0 saturated carbocycles. The van der Waals surface area contributed by atoms with Gasteiger partial charge in [0.15, 0.2) is 22.2 Å². The summed E-state index contributed by atoms with van der Waals surface area (Å²) in [6.45, 7) is -0.00624. The Morgan fingerprint density at radius 2 is 2.19 bits per heavy atom. The van der Waals surface area contributed by atoms with E-state index in [2.05, 4.69) is 0 Å². The summed E-state index contributed by atoms with van der Waals surface area (Å²) in [6.07, 6.45) is 0.346. The summed E-state index contributed by atoms with van der Waals surface area (Å²) < 4.78 is 33.6. The van der Waals surface area contributed by atoms with Gasteiger partial charge in [0, 0.05) is 30.8 Å². The van der Waals surface area contributed by atoms with Crippen molar-refractivity contribution in [3.05, 3.63) is 33.3 Å². The number of ether oxygens (including phenoxy) is 2. The van der Waals surface area contributed by atoms with Crippen LogP contribution in [0.1, 0.15) is 6.42 Å². The Morgan fingerprint density at radius 1 is 1.46 bits per heavy atom. The van der Waals surface area contributed by atoms with Crippen LogP contribution in [0, 0.1) is 10.1 Å². The molecule has 1 aliphatic rings. The van der Waals surface area contributed by atoms with Crippen LogP contribution >= 0.6 is 11.6 Å². The Hall–Kier alpha value is -1.91. The Morgan fingerprint density at radius 3 is 2.77 bits per heavy atom. The highest BCUT2D eigenvalue weighted by Crippen LogP contribution is 2.30. The SMILES string of the molecule is COCCN(C(=O)COc1ccc(Cl)cc1[N+](=O)[O-])[C@@H]1CCS(=O)(=O)C1. The molecule has 1 aromatic rings. The Kier molecular flexibility index (Phi) is 6.79. The van der Waals surface area contributed by atoms with E-state index in [9.17, 15) is 23.3 Å². The van der Waals surface area contributed by atoms with Crippen LogP contribution in [0.25, 0.3) is 0 Å². The number of carbonyl (C=O) groups is 1. The van der Waals surface area contributed by atoms with E-state index in [0.29, 0.717) is 6.42 Å². The van der Waals surface area contributed by atoms with Crippen LogP contribution in [0.2, 0.25) is 5.02 Å². The summed E-state index contributed by atoms with van der Waals surface area (Å²) in [6, 6.07) is 3.41. The molecular formula is C15H19ClN2O7S. The summed E-state index contributed by atoms with van der Waals surface area (Å²) in [5, 5.41) is 11.2. The van der Waals surface area contributed by atoms with Gasteiger partial charge in [-0.2, -0.15) is 0 Å². The van der Waals surface area contributed by atoms with Crippen molar-refractivity contribution >= 4 is 33.0 Å². The lowest BCUT2D eigenvalue weighted by Gasteiger charge is -2.28. The van der Waals surface area contributed by atoms with Gasteiger partial charge in [0.2, 0.25) is 0 Å². The molecule has 1 saturated heterocycles. The minimum absolute atomic E-state index is 0.0257. The second-order valence-corrected chi connectivity index (χ2v) is 8.46. The van der Waals surface area contributed by atoms with Gasteiger partial charge in [-0.1, -0.05) is 11.6 Å². The third-order valence-corrected chi connectivity index (χ3v) is 5.96.